The predicted octanol–water partition coefficient (Wildman–Crippen LogP) is 23.6. The van der Waals surface area contributed by atoms with E-state index in [2.05, 4.69) is 87.8 Å². The number of hydrogen-bond donors (Lipinski definition) is 0. The van der Waals surface area contributed by atoms with Gasteiger partial charge in [-0.25, -0.2) is 43.2 Å². The van der Waals surface area contributed by atoms with E-state index in [-0.39, 0.29) is 30.9 Å². The third-order valence-corrected chi connectivity index (χ3v) is 22.9. The van der Waals surface area contributed by atoms with Crippen molar-refractivity contribution < 1.29 is 114 Å². The van der Waals surface area contributed by atoms with Crippen LogP contribution in [0.1, 0.15) is 153 Å². The SMILES string of the molecule is C=CC(=O)OCCCCCCOc1ccc(C(=O)Oc2ccc(C#Cc3ccc(OC)cc3)cc2Cl)cc1.C=CC(=O)OCCCCCCOc1ccc2cc(C(=O)Oc3ccc4ccccc4c3)ccc2c1.C=CC(=O)OCCCOc1ccc(C#Cc2ccc(CCCCC)cc2)cc1.C=CC(=O)Oc1ccc2cc(C(=O)OC3CO[C@@H]4[C@@H](OC(=O)c5ccc6cc(OC(=O)C=C)ccc6c5)CO[C@H]34)ccc2c1. The van der Waals surface area contributed by atoms with E-state index in [1.54, 1.807) is 128 Å². The number of aryl methyl sites for hydroxylation is 1. The van der Waals surface area contributed by atoms with Crippen LogP contribution in [0.5, 0.6) is 46.0 Å². The number of carbonyl (C=O) groups excluding carboxylic acids is 9. The Labute approximate surface area is 847 Å². The van der Waals surface area contributed by atoms with Crippen molar-refractivity contribution in [2.75, 3.05) is 60.0 Å². The highest BCUT2D eigenvalue weighted by Crippen LogP contribution is 2.35. The summed E-state index contributed by atoms with van der Waals surface area (Å²) in [4.78, 5) is 107. The van der Waals surface area contributed by atoms with Gasteiger partial charge in [-0.1, -0.05) is 167 Å². The number of benzene rings is 13. The zero-order chi connectivity index (χ0) is 102. The maximum atomic E-state index is 13.0. The number of ether oxygens (including phenoxy) is 15. The highest BCUT2D eigenvalue weighted by atomic mass is 35.5. The molecular formula is C120H111ClO24. The lowest BCUT2D eigenvalue weighted by Gasteiger charge is -2.17. The van der Waals surface area contributed by atoms with Crippen LogP contribution in [0.15, 0.2) is 330 Å². The Hall–Kier alpha value is -16.6. The van der Waals surface area contributed by atoms with Crippen LogP contribution >= 0.6 is 11.6 Å². The van der Waals surface area contributed by atoms with Crippen LogP contribution in [0.3, 0.4) is 0 Å². The highest BCUT2D eigenvalue weighted by Gasteiger charge is 2.51. The Morgan fingerprint density at radius 2 is 0.662 bits per heavy atom. The molecule has 0 radical (unpaired) electrons. The number of rotatable bonds is 41. The molecule has 2 saturated heterocycles. The minimum absolute atomic E-state index is 0.0927. The van der Waals surface area contributed by atoms with Gasteiger partial charge < -0.3 is 71.1 Å². The van der Waals surface area contributed by atoms with E-state index in [4.69, 9.17) is 82.7 Å². The Bertz CT molecular complexity index is 6730. The molecule has 0 aromatic heterocycles. The van der Waals surface area contributed by atoms with Crippen LogP contribution in [0.2, 0.25) is 5.02 Å². The minimum atomic E-state index is -0.683. The molecule has 4 atom stereocenters. The summed E-state index contributed by atoms with van der Waals surface area (Å²) < 4.78 is 81.7. The first kappa shape index (κ1) is 107. The van der Waals surface area contributed by atoms with Gasteiger partial charge in [-0.05, 0) is 301 Å². The van der Waals surface area contributed by atoms with E-state index in [1.165, 1.54) is 30.9 Å². The third kappa shape index (κ3) is 34.4. The number of unbranched alkanes of at least 4 members (excludes halogenated alkanes) is 8. The zero-order valence-corrected chi connectivity index (χ0v) is 81.4. The van der Waals surface area contributed by atoms with Crippen molar-refractivity contribution in [1.82, 2.24) is 0 Å². The van der Waals surface area contributed by atoms with Gasteiger partial charge in [0, 0.05) is 59.1 Å². The number of carbonyl (C=O) groups is 9. The maximum absolute atomic E-state index is 13.0. The summed E-state index contributed by atoms with van der Waals surface area (Å²) >= 11 is 6.33. The molecule has 2 fully saturated rings. The van der Waals surface area contributed by atoms with E-state index in [0.29, 0.717) is 102 Å². The van der Waals surface area contributed by atoms with E-state index >= 15 is 0 Å². The highest BCUT2D eigenvalue weighted by molar-refractivity contribution is 6.32. The van der Waals surface area contributed by atoms with Gasteiger partial charge in [-0.3, -0.25) is 0 Å². The molecule has 0 spiro atoms. The second kappa shape index (κ2) is 56.7. The molecule has 15 rings (SSSR count). The molecule has 0 saturated carbocycles. The predicted molar refractivity (Wildman–Crippen MR) is 556 cm³/mol. The molecule has 24 nitrogen and oxygen atoms in total. The fourth-order valence-electron chi connectivity index (χ4n) is 14.9. The summed E-state index contributed by atoms with van der Waals surface area (Å²) in [5, 5.41) is 7.41. The van der Waals surface area contributed by atoms with Crippen LogP contribution in [0, 0.1) is 23.7 Å². The van der Waals surface area contributed by atoms with Gasteiger partial charge >= 0.3 is 53.7 Å². The molecule has 13 aromatic carbocycles. The number of esters is 9. The molecule has 2 heterocycles. The fourth-order valence-corrected chi connectivity index (χ4v) is 15.1. The van der Waals surface area contributed by atoms with Crippen LogP contribution in [0.25, 0.3) is 43.1 Å². The first-order valence-electron chi connectivity index (χ1n) is 47.5. The number of hydrogen-bond acceptors (Lipinski definition) is 24. The first-order valence-corrected chi connectivity index (χ1v) is 47.9. The summed E-state index contributed by atoms with van der Waals surface area (Å²) in [6.07, 6.45) is 16.0. The minimum Gasteiger partial charge on any atom is -0.497 e. The van der Waals surface area contributed by atoms with Gasteiger partial charge in [-0.15, -0.1) is 0 Å². The van der Waals surface area contributed by atoms with Crippen molar-refractivity contribution in [1.29, 1.82) is 0 Å². The van der Waals surface area contributed by atoms with Crippen molar-refractivity contribution in [3.63, 3.8) is 0 Å². The lowest BCUT2D eigenvalue weighted by atomic mass is 10.1. The lowest BCUT2D eigenvalue weighted by Crippen LogP contribution is -2.36. The molecule has 0 N–H and O–H groups in total. The maximum Gasteiger partial charge on any atom is 0.343 e. The summed E-state index contributed by atoms with van der Waals surface area (Å²) in [6, 6.07) is 80.5. The van der Waals surface area contributed by atoms with Gasteiger partial charge in [0.2, 0.25) is 0 Å². The molecular weight excluding hydrogens is 1860 g/mol. The molecule has 0 bridgehead atoms. The number of methoxy groups -OCH3 is 1. The van der Waals surface area contributed by atoms with Crippen LogP contribution in [0.4, 0.5) is 0 Å². The molecule has 2 aliphatic rings. The molecule has 1 unspecified atom stereocenters. The Kier molecular flexibility index (Phi) is 41.9. The fraction of sp³-hybridized carbons (Fsp3) is 0.225. The molecule has 25 heteroatoms. The topological polar surface area (TPSA) is 292 Å². The summed E-state index contributed by atoms with van der Waals surface area (Å²) in [6.45, 7) is 22.1. The van der Waals surface area contributed by atoms with Gasteiger partial charge in [0.15, 0.2) is 12.2 Å². The van der Waals surface area contributed by atoms with Crippen molar-refractivity contribution in [2.24, 2.45) is 0 Å². The summed E-state index contributed by atoms with van der Waals surface area (Å²) in [5.74, 6) is 12.7. The normalized spacial score (nSPS) is 13.3. The smallest absolute Gasteiger partial charge is 0.343 e. The first-order chi connectivity index (χ1) is 70.6. The van der Waals surface area contributed by atoms with Gasteiger partial charge in [0.1, 0.15) is 58.2 Å². The molecule has 0 aliphatic carbocycles. The third-order valence-electron chi connectivity index (χ3n) is 22.6. The van der Waals surface area contributed by atoms with Crippen molar-refractivity contribution in [3.05, 3.63) is 385 Å². The van der Waals surface area contributed by atoms with Gasteiger partial charge in [0.25, 0.3) is 0 Å². The Morgan fingerprint density at radius 1 is 0.317 bits per heavy atom. The molecule has 0 amide bonds. The molecule has 742 valence electrons. The monoisotopic (exact) mass is 1970 g/mol. The summed E-state index contributed by atoms with van der Waals surface area (Å²) in [7, 11) is 1.61. The lowest BCUT2D eigenvalue weighted by molar-refractivity contribution is -0.138. The van der Waals surface area contributed by atoms with Crippen molar-refractivity contribution in [3.8, 4) is 69.7 Å². The van der Waals surface area contributed by atoms with Crippen LogP contribution < -0.4 is 37.9 Å². The van der Waals surface area contributed by atoms with E-state index in [0.717, 1.165) is 159 Å². The van der Waals surface area contributed by atoms with Gasteiger partial charge in [0.05, 0.1) is 87.2 Å². The average Bonchev–Trinajstić information content (AvgIpc) is 1.64. The quantitative estimate of drug-likeness (QED) is 0.00859. The zero-order valence-electron chi connectivity index (χ0n) is 80.7. The average molecular weight is 1970 g/mol. The van der Waals surface area contributed by atoms with Gasteiger partial charge in [-0.2, -0.15) is 0 Å². The van der Waals surface area contributed by atoms with E-state index in [9.17, 15) is 43.2 Å². The van der Waals surface area contributed by atoms with E-state index < -0.39 is 66.2 Å². The second-order valence-electron chi connectivity index (χ2n) is 33.1. The molecule has 2 aliphatic heterocycles. The molecule has 13 aromatic rings. The number of fused-ring (bicyclic) bond motifs is 5. The van der Waals surface area contributed by atoms with Crippen LogP contribution in [-0.2, 0) is 63.6 Å². The van der Waals surface area contributed by atoms with Crippen molar-refractivity contribution in [2.45, 2.75) is 115 Å². The largest absolute Gasteiger partial charge is 0.497 e. The Morgan fingerprint density at radius 3 is 1.12 bits per heavy atom. The van der Waals surface area contributed by atoms with Crippen molar-refractivity contribution >= 4 is 108 Å². The molecule has 145 heavy (non-hydrogen) atoms. The second-order valence-corrected chi connectivity index (χ2v) is 33.5. The Balaban J connectivity index is 0.000000174. The number of halogens is 1. The van der Waals surface area contributed by atoms with Crippen LogP contribution in [-0.4, -0.2) is 138 Å². The standard InChI is InChI=1S/C34H26O10.C31H29ClO6.C30H28O5.C25H28O3/c1-3-29(35)41-25-11-9-19-13-23(7-5-21(19)15-25)33(37)43-27-17-39-32-28(18-40-31(27)32)44-34(38)24-8-6-22-16-26(42-30(36)4-2)12-10-20(22)14-24;1-3-30(33)37-21-7-5-4-6-20-36-27-17-13-25(14-18-27)31(34)38-29-19-12-24(22-28(29)32)9-8-23-10-15-26(35-2)16-11-23;1-2-29(31)34-18-8-4-3-7-17-33-27-15-14-24-19-26(12-11-25(24)20-27)30(32)35-28-16-13-22-9-5-6-10-23(22)21-28;1-3-5-6-8-21-9-11-22(12-10-21)13-14-23-15-17-24(18-16-23)27-19-7-20-28-25(26)4-2/h3-16,27-28,31-32H,1-2,17-18H2;3,10-19,22H,1,4-7,20-21H2,2H3;2,5-6,9-16,19-21H,1,3-4,7-8,17-18H2;4,9-12,15-18H,2-3,5-8,19-20H2,1H3/t27-,28?,31+,32+;;;/m0.../s1. The van der Waals surface area contributed by atoms with E-state index in [1.807, 2.05) is 121 Å². The summed E-state index contributed by atoms with van der Waals surface area (Å²) in [5.41, 5.74) is 6.42.